The first-order valence-electron chi connectivity index (χ1n) is 6.22. The molecule has 0 heterocycles. The van der Waals surface area contributed by atoms with Gasteiger partial charge in [-0.1, -0.05) is 66.7 Å². The summed E-state index contributed by atoms with van der Waals surface area (Å²) in [5.41, 5.74) is 2.38. The Morgan fingerprint density at radius 3 is 1.79 bits per heavy atom. The lowest BCUT2D eigenvalue weighted by Gasteiger charge is -2.10. The first-order valence-corrected chi connectivity index (χ1v) is 7.74. The van der Waals surface area contributed by atoms with Gasteiger partial charge < -0.3 is 8.85 Å². The van der Waals surface area contributed by atoms with Crippen molar-refractivity contribution in [3.63, 3.8) is 0 Å². The molecule has 0 fully saturated rings. The van der Waals surface area contributed by atoms with Gasteiger partial charge in [0.05, 0.1) is 0 Å². The van der Waals surface area contributed by atoms with E-state index in [1.807, 2.05) is 18.2 Å². The molecule has 0 N–H and O–H groups in total. The lowest BCUT2D eigenvalue weighted by Crippen LogP contribution is -2.34. The van der Waals surface area contributed by atoms with Crippen LogP contribution in [0.15, 0.2) is 54.6 Å². The van der Waals surface area contributed by atoms with Crippen LogP contribution in [0, 0.1) is 0 Å². The summed E-state index contributed by atoms with van der Waals surface area (Å²) in [4.78, 5) is 0. The third-order valence-electron chi connectivity index (χ3n) is 2.90. The maximum absolute atomic E-state index is 5.35. The third kappa shape index (κ3) is 3.89. The molecule has 0 amide bonds. The topological polar surface area (TPSA) is 18.5 Å². The van der Waals surface area contributed by atoms with Gasteiger partial charge in [-0.2, -0.15) is 0 Å². The van der Waals surface area contributed by atoms with Crippen LogP contribution in [0.25, 0.3) is 12.2 Å². The van der Waals surface area contributed by atoms with E-state index in [4.69, 9.17) is 8.85 Å². The maximum Gasteiger partial charge on any atom is 0.355 e. The molecule has 2 rings (SSSR count). The summed E-state index contributed by atoms with van der Waals surface area (Å²) >= 11 is 0. The van der Waals surface area contributed by atoms with Crippen molar-refractivity contribution in [2.45, 2.75) is 0 Å². The SMILES string of the molecule is CO[SiH](OC)c1ccc(C=Cc2ccccc2)cc1. The van der Waals surface area contributed by atoms with Crippen molar-refractivity contribution in [1.29, 1.82) is 0 Å². The van der Waals surface area contributed by atoms with E-state index in [9.17, 15) is 0 Å². The molecule has 0 aliphatic rings. The van der Waals surface area contributed by atoms with E-state index in [0.717, 1.165) is 5.19 Å². The molecule has 0 aliphatic carbocycles. The fraction of sp³-hybridized carbons (Fsp3) is 0.125. The van der Waals surface area contributed by atoms with Gasteiger partial charge >= 0.3 is 9.28 Å². The first kappa shape index (κ1) is 13.7. The molecule has 0 saturated carbocycles. The van der Waals surface area contributed by atoms with Crippen molar-refractivity contribution >= 4 is 26.6 Å². The molecule has 0 bridgehead atoms. The van der Waals surface area contributed by atoms with Gasteiger partial charge in [-0.15, -0.1) is 0 Å². The van der Waals surface area contributed by atoms with Crippen molar-refractivity contribution in [3.05, 3.63) is 65.7 Å². The standard InChI is InChI=1S/C16H18O2Si/c1-17-19(18-2)16-12-10-15(11-13-16)9-8-14-6-4-3-5-7-14/h3-13,19H,1-2H3. The van der Waals surface area contributed by atoms with Gasteiger partial charge in [-0.25, -0.2) is 0 Å². The minimum atomic E-state index is -1.67. The molecule has 2 nitrogen and oxygen atoms in total. The molecule has 0 spiro atoms. The summed E-state index contributed by atoms with van der Waals surface area (Å²) in [6, 6.07) is 18.6. The minimum absolute atomic E-state index is 1.15. The third-order valence-corrected chi connectivity index (χ3v) is 4.69. The summed E-state index contributed by atoms with van der Waals surface area (Å²) in [7, 11) is 1.72. The molecular formula is C16H18O2Si. The Bertz CT molecular complexity index is 516. The van der Waals surface area contributed by atoms with Crippen molar-refractivity contribution in [1.82, 2.24) is 0 Å². The van der Waals surface area contributed by atoms with Crippen LogP contribution in [0.3, 0.4) is 0 Å². The predicted molar refractivity (Wildman–Crippen MR) is 82.6 cm³/mol. The van der Waals surface area contributed by atoms with Crippen molar-refractivity contribution in [3.8, 4) is 0 Å². The summed E-state index contributed by atoms with van der Waals surface area (Å²) in [5, 5.41) is 1.15. The predicted octanol–water partition coefficient (Wildman–Crippen LogP) is 2.58. The van der Waals surface area contributed by atoms with Crippen LogP contribution in [0.5, 0.6) is 0 Å². The minimum Gasteiger partial charge on any atom is -0.397 e. The van der Waals surface area contributed by atoms with E-state index >= 15 is 0 Å². The van der Waals surface area contributed by atoms with Gasteiger partial charge in [-0.3, -0.25) is 0 Å². The zero-order chi connectivity index (χ0) is 13.5. The zero-order valence-electron chi connectivity index (χ0n) is 11.2. The zero-order valence-corrected chi connectivity index (χ0v) is 12.4. The van der Waals surface area contributed by atoms with Crippen LogP contribution in [-0.4, -0.2) is 23.5 Å². The number of benzene rings is 2. The van der Waals surface area contributed by atoms with Crippen LogP contribution in [0.4, 0.5) is 0 Å². The molecule has 0 saturated heterocycles. The van der Waals surface area contributed by atoms with E-state index in [1.165, 1.54) is 11.1 Å². The molecule has 0 unspecified atom stereocenters. The van der Waals surface area contributed by atoms with Gasteiger partial charge in [-0.05, 0) is 16.3 Å². The van der Waals surface area contributed by atoms with E-state index in [-0.39, 0.29) is 0 Å². The summed E-state index contributed by atoms with van der Waals surface area (Å²) in [5.74, 6) is 0. The fourth-order valence-corrected chi connectivity index (χ4v) is 3.13. The van der Waals surface area contributed by atoms with Crippen molar-refractivity contribution < 1.29 is 8.85 Å². The average Bonchev–Trinajstić information content (AvgIpc) is 2.49. The second-order valence-electron chi connectivity index (χ2n) is 4.21. The Kier molecular flexibility index (Phi) is 5.09. The van der Waals surface area contributed by atoms with E-state index < -0.39 is 9.28 Å². The summed E-state index contributed by atoms with van der Waals surface area (Å²) < 4.78 is 10.7. The lowest BCUT2D eigenvalue weighted by atomic mass is 10.1. The first-order chi connectivity index (χ1) is 9.33. The molecule has 0 aromatic heterocycles. The van der Waals surface area contributed by atoms with Crippen LogP contribution >= 0.6 is 0 Å². The second-order valence-corrected chi connectivity index (χ2v) is 6.49. The van der Waals surface area contributed by atoms with Crippen LogP contribution in [0.2, 0.25) is 0 Å². The molecule has 19 heavy (non-hydrogen) atoms. The summed E-state index contributed by atoms with van der Waals surface area (Å²) in [6.07, 6.45) is 4.21. The average molecular weight is 270 g/mol. The highest BCUT2D eigenvalue weighted by molar-refractivity contribution is 6.61. The highest BCUT2D eigenvalue weighted by Crippen LogP contribution is 2.07. The van der Waals surface area contributed by atoms with Crippen LogP contribution < -0.4 is 5.19 Å². The Balaban J connectivity index is 2.09. The Hall–Kier alpha value is -1.68. The van der Waals surface area contributed by atoms with Gasteiger partial charge in [0.2, 0.25) is 0 Å². The maximum atomic E-state index is 5.35. The highest BCUT2D eigenvalue weighted by atomic mass is 28.3. The quantitative estimate of drug-likeness (QED) is 0.614. The molecule has 2 aromatic rings. The van der Waals surface area contributed by atoms with Gasteiger partial charge in [0.25, 0.3) is 0 Å². The highest BCUT2D eigenvalue weighted by Gasteiger charge is 2.11. The van der Waals surface area contributed by atoms with Gasteiger partial charge in [0, 0.05) is 14.2 Å². The monoisotopic (exact) mass is 270 g/mol. The van der Waals surface area contributed by atoms with Gasteiger partial charge in [0.1, 0.15) is 0 Å². The fourth-order valence-electron chi connectivity index (χ4n) is 1.89. The number of hydrogen-bond donors (Lipinski definition) is 0. The lowest BCUT2D eigenvalue weighted by molar-refractivity contribution is 0.292. The number of hydrogen-bond acceptors (Lipinski definition) is 2. The molecule has 0 radical (unpaired) electrons. The molecule has 2 aromatic carbocycles. The van der Waals surface area contributed by atoms with E-state index in [2.05, 4.69) is 48.6 Å². The smallest absolute Gasteiger partial charge is 0.355 e. The molecule has 0 aliphatic heterocycles. The second kappa shape index (κ2) is 7.04. The largest absolute Gasteiger partial charge is 0.397 e. The Morgan fingerprint density at radius 2 is 1.26 bits per heavy atom. The molecule has 3 heteroatoms. The molecular weight excluding hydrogens is 252 g/mol. The van der Waals surface area contributed by atoms with E-state index in [1.54, 1.807) is 14.2 Å². The van der Waals surface area contributed by atoms with Crippen molar-refractivity contribution in [2.24, 2.45) is 0 Å². The van der Waals surface area contributed by atoms with E-state index in [0.29, 0.717) is 0 Å². The van der Waals surface area contributed by atoms with Crippen LogP contribution in [-0.2, 0) is 8.85 Å². The molecule has 98 valence electrons. The van der Waals surface area contributed by atoms with Gasteiger partial charge in [0.15, 0.2) is 0 Å². The summed E-state index contributed by atoms with van der Waals surface area (Å²) in [6.45, 7) is 0. The number of rotatable bonds is 5. The normalized spacial score (nSPS) is 11.3. The molecule has 0 atom stereocenters. The van der Waals surface area contributed by atoms with Crippen LogP contribution in [0.1, 0.15) is 11.1 Å². The Morgan fingerprint density at radius 1 is 0.737 bits per heavy atom. The Labute approximate surface area is 116 Å². The van der Waals surface area contributed by atoms with Crippen molar-refractivity contribution in [2.75, 3.05) is 14.2 Å².